The molecular formula is C20H21NO2S. The van der Waals surface area contributed by atoms with E-state index in [2.05, 4.69) is 29.2 Å². The molecule has 2 aliphatic heterocycles. The molecule has 0 amide bonds. The second kappa shape index (κ2) is 6.36. The number of benzene rings is 2. The molecule has 1 fully saturated rings. The molecule has 3 nitrogen and oxygen atoms in total. The highest BCUT2D eigenvalue weighted by Crippen LogP contribution is 2.48. The lowest BCUT2D eigenvalue weighted by Crippen LogP contribution is -2.48. The van der Waals surface area contributed by atoms with Gasteiger partial charge in [-0.2, -0.15) is 0 Å². The molecule has 124 valence electrons. The number of β-amino-alcohol motifs (C(OH)–C–C–N with tert-alkyl or cyclic N) is 1. The van der Waals surface area contributed by atoms with Crippen molar-refractivity contribution < 1.29 is 9.90 Å². The van der Waals surface area contributed by atoms with Gasteiger partial charge in [-0.05, 0) is 43.6 Å². The number of nitrogens with zero attached hydrogens (tertiary/aromatic N) is 1. The summed E-state index contributed by atoms with van der Waals surface area (Å²) in [5, 5.41) is 9.19. The maximum Gasteiger partial charge on any atom is 0.174 e. The Morgan fingerprint density at radius 3 is 2.42 bits per heavy atom. The number of rotatable bonds is 2. The zero-order valence-corrected chi connectivity index (χ0v) is 14.4. The van der Waals surface area contributed by atoms with Crippen molar-refractivity contribution in [3.63, 3.8) is 0 Å². The predicted molar refractivity (Wildman–Crippen MR) is 95.8 cm³/mol. The standard InChI is InChI=1S/C20H21NO2S/c22-14-13-21-11-9-20(10-12-21)16-6-2-4-8-18(16)24-17-7-3-1-5-15(17)19(20)23/h1-8,22H,9-14H2. The molecular weight excluding hydrogens is 318 g/mol. The average Bonchev–Trinajstić information content (AvgIpc) is 2.72. The second-order valence-electron chi connectivity index (χ2n) is 6.57. The Bertz CT molecular complexity index is 766. The molecule has 4 heteroatoms. The van der Waals surface area contributed by atoms with Crippen LogP contribution in [0.1, 0.15) is 28.8 Å². The minimum absolute atomic E-state index is 0.177. The molecule has 0 unspecified atom stereocenters. The zero-order valence-electron chi connectivity index (χ0n) is 13.6. The van der Waals surface area contributed by atoms with Crippen molar-refractivity contribution >= 4 is 17.5 Å². The van der Waals surface area contributed by atoms with Crippen LogP contribution in [0.4, 0.5) is 0 Å². The first-order valence-corrected chi connectivity index (χ1v) is 9.31. The van der Waals surface area contributed by atoms with Gasteiger partial charge < -0.3 is 10.0 Å². The minimum Gasteiger partial charge on any atom is -0.395 e. The van der Waals surface area contributed by atoms with Gasteiger partial charge in [-0.3, -0.25) is 4.79 Å². The largest absolute Gasteiger partial charge is 0.395 e. The van der Waals surface area contributed by atoms with Gasteiger partial charge in [0.15, 0.2) is 5.78 Å². The Kier molecular flexibility index (Phi) is 4.21. The third-order valence-electron chi connectivity index (χ3n) is 5.31. The van der Waals surface area contributed by atoms with Crippen LogP contribution in [-0.4, -0.2) is 42.0 Å². The first kappa shape index (κ1) is 15.9. The number of carbonyl (C=O) groups is 1. The van der Waals surface area contributed by atoms with E-state index in [-0.39, 0.29) is 12.4 Å². The Hall–Kier alpha value is -1.62. The van der Waals surface area contributed by atoms with E-state index in [9.17, 15) is 9.90 Å². The quantitative estimate of drug-likeness (QED) is 0.911. The van der Waals surface area contributed by atoms with Crippen LogP contribution in [0, 0.1) is 0 Å². The number of hydrogen-bond acceptors (Lipinski definition) is 4. The fourth-order valence-corrected chi connectivity index (χ4v) is 5.16. The third-order valence-corrected chi connectivity index (χ3v) is 6.47. The topological polar surface area (TPSA) is 40.5 Å². The Labute approximate surface area is 146 Å². The summed E-state index contributed by atoms with van der Waals surface area (Å²) in [6, 6.07) is 16.4. The molecule has 2 aromatic carbocycles. The van der Waals surface area contributed by atoms with Crippen molar-refractivity contribution in [1.82, 2.24) is 4.90 Å². The Morgan fingerprint density at radius 2 is 1.67 bits per heavy atom. The fraction of sp³-hybridized carbons (Fsp3) is 0.350. The van der Waals surface area contributed by atoms with E-state index in [0.29, 0.717) is 6.54 Å². The molecule has 0 aromatic heterocycles. The van der Waals surface area contributed by atoms with Crippen molar-refractivity contribution in [1.29, 1.82) is 0 Å². The van der Waals surface area contributed by atoms with Gasteiger partial charge >= 0.3 is 0 Å². The molecule has 0 bridgehead atoms. The Balaban J connectivity index is 1.82. The lowest BCUT2D eigenvalue weighted by atomic mass is 9.68. The molecule has 1 N–H and O–H groups in total. The van der Waals surface area contributed by atoms with Gasteiger partial charge in [0.1, 0.15) is 0 Å². The summed E-state index contributed by atoms with van der Waals surface area (Å²) in [4.78, 5) is 18.1. The van der Waals surface area contributed by atoms with E-state index < -0.39 is 5.41 Å². The van der Waals surface area contributed by atoms with Crippen LogP contribution in [0.25, 0.3) is 0 Å². The van der Waals surface area contributed by atoms with Crippen LogP contribution in [0.5, 0.6) is 0 Å². The SMILES string of the molecule is O=C1c2ccccc2Sc2ccccc2C12CCN(CCO)CC2. The number of ketones is 1. The zero-order chi connectivity index (χ0) is 16.6. The lowest BCUT2D eigenvalue weighted by Gasteiger charge is -2.41. The van der Waals surface area contributed by atoms with Crippen molar-refractivity contribution in [2.45, 2.75) is 28.0 Å². The smallest absolute Gasteiger partial charge is 0.174 e. The second-order valence-corrected chi connectivity index (χ2v) is 7.65. The van der Waals surface area contributed by atoms with Gasteiger partial charge in [0.05, 0.1) is 12.0 Å². The van der Waals surface area contributed by atoms with Gasteiger partial charge in [0.2, 0.25) is 0 Å². The van der Waals surface area contributed by atoms with Crippen LogP contribution in [-0.2, 0) is 5.41 Å². The molecule has 2 aliphatic rings. The van der Waals surface area contributed by atoms with Crippen LogP contribution < -0.4 is 0 Å². The molecule has 0 aliphatic carbocycles. The molecule has 2 heterocycles. The highest BCUT2D eigenvalue weighted by Gasteiger charge is 2.46. The minimum atomic E-state index is -0.428. The molecule has 0 radical (unpaired) electrons. The van der Waals surface area contributed by atoms with Gasteiger partial charge in [0.25, 0.3) is 0 Å². The van der Waals surface area contributed by atoms with Gasteiger partial charge in [-0.15, -0.1) is 0 Å². The number of aliphatic hydroxyl groups is 1. The van der Waals surface area contributed by atoms with E-state index in [0.717, 1.165) is 36.4 Å². The number of carbonyl (C=O) groups excluding carboxylic acids is 1. The summed E-state index contributed by atoms with van der Waals surface area (Å²) in [6.45, 7) is 2.58. The third kappa shape index (κ3) is 2.50. The summed E-state index contributed by atoms with van der Waals surface area (Å²) in [7, 11) is 0. The summed E-state index contributed by atoms with van der Waals surface area (Å²) in [5.74, 6) is 0.263. The first-order valence-electron chi connectivity index (χ1n) is 8.49. The van der Waals surface area contributed by atoms with E-state index in [1.54, 1.807) is 11.8 Å². The summed E-state index contributed by atoms with van der Waals surface area (Å²) < 4.78 is 0. The first-order chi connectivity index (χ1) is 11.7. The molecule has 0 atom stereocenters. The summed E-state index contributed by atoms with van der Waals surface area (Å²) >= 11 is 1.71. The lowest BCUT2D eigenvalue weighted by molar-refractivity contribution is 0.0743. The highest BCUT2D eigenvalue weighted by molar-refractivity contribution is 7.99. The van der Waals surface area contributed by atoms with Crippen molar-refractivity contribution in [2.75, 3.05) is 26.2 Å². The van der Waals surface area contributed by atoms with Crippen LogP contribution in [0.2, 0.25) is 0 Å². The number of hydrogen-bond donors (Lipinski definition) is 1. The van der Waals surface area contributed by atoms with E-state index >= 15 is 0 Å². The normalized spacial score (nSPS) is 19.6. The van der Waals surface area contributed by atoms with Crippen LogP contribution in [0.3, 0.4) is 0 Å². The molecule has 1 saturated heterocycles. The van der Waals surface area contributed by atoms with Crippen molar-refractivity contribution in [3.8, 4) is 0 Å². The molecule has 1 spiro atoms. The molecule has 4 rings (SSSR count). The van der Waals surface area contributed by atoms with Gasteiger partial charge in [-0.25, -0.2) is 0 Å². The summed E-state index contributed by atoms with van der Waals surface area (Å²) in [6.07, 6.45) is 1.63. The number of Topliss-reactive ketones (excluding diaryl/α,β-unsaturated/α-hetero) is 1. The van der Waals surface area contributed by atoms with E-state index in [4.69, 9.17) is 0 Å². The van der Waals surface area contributed by atoms with Crippen LogP contribution in [0.15, 0.2) is 58.3 Å². The van der Waals surface area contributed by atoms with Crippen LogP contribution >= 0.6 is 11.8 Å². The highest BCUT2D eigenvalue weighted by atomic mass is 32.2. The van der Waals surface area contributed by atoms with Gasteiger partial charge in [-0.1, -0.05) is 48.2 Å². The predicted octanol–water partition coefficient (Wildman–Crippen LogP) is 3.36. The average molecular weight is 339 g/mol. The number of fused-ring (bicyclic) bond motifs is 3. The van der Waals surface area contributed by atoms with E-state index in [1.807, 2.05) is 24.3 Å². The van der Waals surface area contributed by atoms with Crippen molar-refractivity contribution in [3.05, 3.63) is 59.7 Å². The molecule has 2 aromatic rings. The van der Waals surface area contributed by atoms with Gasteiger partial charge in [0, 0.05) is 21.9 Å². The Morgan fingerprint density at radius 1 is 1.00 bits per heavy atom. The fourth-order valence-electron chi connectivity index (χ4n) is 3.99. The molecule has 0 saturated carbocycles. The number of piperidine rings is 1. The molecule has 24 heavy (non-hydrogen) atoms. The maximum absolute atomic E-state index is 13.6. The van der Waals surface area contributed by atoms with Crippen molar-refractivity contribution in [2.24, 2.45) is 0 Å². The van der Waals surface area contributed by atoms with E-state index in [1.165, 1.54) is 10.5 Å². The summed E-state index contributed by atoms with van der Waals surface area (Å²) in [5.41, 5.74) is 1.61. The number of aliphatic hydroxyl groups excluding tert-OH is 1. The maximum atomic E-state index is 13.6. The monoisotopic (exact) mass is 339 g/mol. The number of likely N-dealkylation sites (tertiary alicyclic amines) is 1.